The number of esters is 1. The van der Waals surface area contributed by atoms with Crippen molar-refractivity contribution in [3.8, 4) is 9.88 Å². The molecule has 3 heterocycles. The SMILES string of the molecule is Cc1ccc2c(COC(=O)c3csc(-c4cccs4)n3)cc(=O)oc2c1C. The second kappa shape index (κ2) is 7.09. The maximum absolute atomic E-state index is 12.4. The Morgan fingerprint density at radius 3 is 2.85 bits per heavy atom. The lowest BCUT2D eigenvalue weighted by molar-refractivity contribution is 0.0468. The Hall–Kier alpha value is -2.77. The second-order valence-electron chi connectivity index (χ2n) is 6.07. The number of benzene rings is 1. The molecule has 0 aliphatic rings. The number of thiophene rings is 1. The monoisotopic (exact) mass is 397 g/mol. The Kier molecular flexibility index (Phi) is 4.63. The Balaban J connectivity index is 1.58. The number of thiazole rings is 1. The number of fused-ring (bicyclic) bond motifs is 1. The Labute approximate surface area is 162 Å². The largest absolute Gasteiger partial charge is 0.456 e. The maximum Gasteiger partial charge on any atom is 0.358 e. The van der Waals surface area contributed by atoms with E-state index < -0.39 is 11.6 Å². The normalized spacial score (nSPS) is 11.0. The highest BCUT2D eigenvalue weighted by Crippen LogP contribution is 2.28. The molecule has 0 saturated heterocycles. The number of carbonyl (C=O) groups is 1. The molecule has 0 bridgehead atoms. The van der Waals surface area contributed by atoms with Gasteiger partial charge in [0, 0.05) is 22.4 Å². The van der Waals surface area contributed by atoms with Gasteiger partial charge in [-0.1, -0.05) is 18.2 Å². The molecule has 0 aliphatic carbocycles. The molecule has 5 nitrogen and oxygen atoms in total. The lowest BCUT2D eigenvalue weighted by Gasteiger charge is -2.09. The van der Waals surface area contributed by atoms with E-state index >= 15 is 0 Å². The summed E-state index contributed by atoms with van der Waals surface area (Å²) in [6.45, 7) is 3.84. The number of nitrogens with zero attached hydrogens (tertiary/aromatic N) is 1. The molecule has 4 rings (SSSR count). The molecule has 7 heteroatoms. The molecule has 0 radical (unpaired) electrons. The first-order chi connectivity index (χ1) is 13.0. The van der Waals surface area contributed by atoms with Crippen molar-refractivity contribution in [3.63, 3.8) is 0 Å². The van der Waals surface area contributed by atoms with Crippen molar-refractivity contribution >= 4 is 39.6 Å². The molecule has 136 valence electrons. The molecule has 27 heavy (non-hydrogen) atoms. The van der Waals surface area contributed by atoms with E-state index in [9.17, 15) is 9.59 Å². The average Bonchev–Trinajstić information content (AvgIpc) is 3.34. The molecule has 0 unspecified atom stereocenters. The third-order valence-electron chi connectivity index (χ3n) is 4.32. The number of rotatable bonds is 4. The molecule has 3 aromatic heterocycles. The van der Waals surface area contributed by atoms with Crippen LogP contribution in [0.5, 0.6) is 0 Å². The van der Waals surface area contributed by atoms with Gasteiger partial charge in [-0.05, 0) is 36.4 Å². The van der Waals surface area contributed by atoms with Crippen LogP contribution in [0.25, 0.3) is 20.9 Å². The highest BCUT2D eigenvalue weighted by atomic mass is 32.1. The molecule has 0 saturated carbocycles. The van der Waals surface area contributed by atoms with Crippen LogP contribution in [0.3, 0.4) is 0 Å². The van der Waals surface area contributed by atoms with Crippen LogP contribution >= 0.6 is 22.7 Å². The van der Waals surface area contributed by atoms with Crippen LogP contribution in [0, 0.1) is 13.8 Å². The molecule has 0 fully saturated rings. The minimum atomic E-state index is -0.515. The molecule has 0 spiro atoms. The van der Waals surface area contributed by atoms with Crippen LogP contribution < -0.4 is 5.63 Å². The summed E-state index contributed by atoms with van der Waals surface area (Å²) in [7, 11) is 0. The zero-order chi connectivity index (χ0) is 19.0. The smallest absolute Gasteiger partial charge is 0.358 e. The fourth-order valence-electron chi connectivity index (χ4n) is 2.74. The van der Waals surface area contributed by atoms with Gasteiger partial charge in [-0.3, -0.25) is 0 Å². The summed E-state index contributed by atoms with van der Waals surface area (Å²) < 4.78 is 10.8. The Morgan fingerprint density at radius 1 is 1.22 bits per heavy atom. The van der Waals surface area contributed by atoms with Crippen molar-refractivity contribution in [2.24, 2.45) is 0 Å². The molecule has 0 aliphatic heterocycles. The van der Waals surface area contributed by atoms with Crippen LogP contribution in [0.2, 0.25) is 0 Å². The van der Waals surface area contributed by atoms with E-state index in [0.717, 1.165) is 26.4 Å². The standard InChI is InChI=1S/C20H15NO4S2/c1-11-5-6-14-13(8-17(22)25-18(14)12(11)2)9-24-20(23)15-10-27-19(21-15)16-4-3-7-26-16/h3-8,10H,9H2,1-2H3. The molecular weight excluding hydrogens is 382 g/mol. The minimum absolute atomic E-state index is 0.0186. The lowest BCUT2D eigenvalue weighted by atomic mass is 10.0. The van der Waals surface area contributed by atoms with E-state index in [2.05, 4.69) is 4.98 Å². The second-order valence-corrected chi connectivity index (χ2v) is 7.87. The summed E-state index contributed by atoms with van der Waals surface area (Å²) >= 11 is 2.97. The summed E-state index contributed by atoms with van der Waals surface area (Å²) in [4.78, 5) is 29.6. The number of aryl methyl sites for hydroxylation is 2. The first-order valence-electron chi connectivity index (χ1n) is 8.22. The van der Waals surface area contributed by atoms with Crippen LogP contribution in [-0.4, -0.2) is 11.0 Å². The van der Waals surface area contributed by atoms with Crippen LogP contribution in [0.4, 0.5) is 0 Å². The van der Waals surface area contributed by atoms with Gasteiger partial charge in [0.05, 0.1) is 4.88 Å². The number of carbonyl (C=O) groups excluding carboxylic acids is 1. The van der Waals surface area contributed by atoms with Crippen molar-refractivity contribution in [3.05, 3.63) is 73.9 Å². The summed E-state index contributed by atoms with van der Waals surface area (Å²) in [6, 6.07) is 9.09. The quantitative estimate of drug-likeness (QED) is 0.360. The fraction of sp³-hybridized carbons (Fsp3) is 0.150. The van der Waals surface area contributed by atoms with Crippen molar-refractivity contribution in [1.29, 1.82) is 0 Å². The predicted molar refractivity (Wildman–Crippen MR) is 107 cm³/mol. The summed E-state index contributed by atoms with van der Waals surface area (Å²) in [5.74, 6) is -0.515. The number of hydrogen-bond acceptors (Lipinski definition) is 7. The maximum atomic E-state index is 12.4. The molecule has 0 N–H and O–H groups in total. The van der Waals surface area contributed by atoms with E-state index in [1.165, 1.54) is 17.4 Å². The van der Waals surface area contributed by atoms with E-state index in [0.29, 0.717) is 11.1 Å². The van der Waals surface area contributed by atoms with Gasteiger partial charge in [-0.25, -0.2) is 14.6 Å². The van der Waals surface area contributed by atoms with Gasteiger partial charge in [-0.15, -0.1) is 22.7 Å². The fourth-order valence-corrected chi connectivity index (χ4v) is 4.35. The molecule has 0 atom stereocenters. The zero-order valence-corrected chi connectivity index (χ0v) is 16.3. The lowest BCUT2D eigenvalue weighted by Crippen LogP contribution is -2.08. The van der Waals surface area contributed by atoms with Crippen molar-refractivity contribution in [2.45, 2.75) is 20.5 Å². The number of ether oxygens (including phenoxy) is 1. The molecule has 0 amide bonds. The first-order valence-corrected chi connectivity index (χ1v) is 9.98. The van der Waals surface area contributed by atoms with Gasteiger partial charge in [0.1, 0.15) is 17.2 Å². The summed E-state index contributed by atoms with van der Waals surface area (Å²) in [5, 5.41) is 5.20. The van der Waals surface area contributed by atoms with Gasteiger partial charge >= 0.3 is 11.6 Å². The molecule has 1 aromatic carbocycles. The van der Waals surface area contributed by atoms with Crippen LogP contribution in [0.1, 0.15) is 27.2 Å². The zero-order valence-electron chi connectivity index (χ0n) is 14.6. The van der Waals surface area contributed by atoms with Crippen molar-refractivity contribution < 1.29 is 13.9 Å². The summed E-state index contributed by atoms with van der Waals surface area (Å²) in [5.41, 5.74) is 2.88. The van der Waals surface area contributed by atoms with E-state index in [1.807, 2.05) is 43.5 Å². The van der Waals surface area contributed by atoms with Crippen LogP contribution in [0.15, 0.2) is 50.3 Å². The van der Waals surface area contributed by atoms with Crippen molar-refractivity contribution in [1.82, 2.24) is 4.98 Å². The average molecular weight is 397 g/mol. The third kappa shape index (κ3) is 3.43. The van der Waals surface area contributed by atoms with E-state index in [1.54, 1.807) is 16.7 Å². The predicted octanol–water partition coefficient (Wildman–Crippen LogP) is 4.95. The van der Waals surface area contributed by atoms with Gasteiger partial charge < -0.3 is 9.15 Å². The van der Waals surface area contributed by atoms with Gasteiger partial charge in [0.25, 0.3) is 0 Å². The Bertz CT molecular complexity index is 1190. The van der Waals surface area contributed by atoms with Crippen molar-refractivity contribution in [2.75, 3.05) is 0 Å². The van der Waals surface area contributed by atoms with Gasteiger partial charge in [0.2, 0.25) is 0 Å². The topological polar surface area (TPSA) is 69.4 Å². The molecule has 4 aromatic rings. The number of hydrogen-bond donors (Lipinski definition) is 0. The van der Waals surface area contributed by atoms with Crippen LogP contribution in [-0.2, 0) is 11.3 Å². The highest BCUT2D eigenvalue weighted by Gasteiger charge is 2.16. The minimum Gasteiger partial charge on any atom is -0.456 e. The van der Waals surface area contributed by atoms with Gasteiger partial charge in [-0.2, -0.15) is 0 Å². The Morgan fingerprint density at radius 2 is 2.07 bits per heavy atom. The third-order valence-corrected chi connectivity index (χ3v) is 6.20. The van der Waals surface area contributed by atoms with E-state index in [4.69, 9.17) is 9.15 Å². The number of aromatic nitrogens is 1. The summed E-state index contributed by atoms with van der Waals surface area (Å²) in [6.07, 6.45) is 0. The van der Waals surface area contributed by atoms with Gasteiger partial charge in [0.15, 0.2) is 5.69 Å². The highest BCUT2D eigenvalue weighted by molar-refractivity contribution is 7.20. The first kappa shape index (κ1) is 17.6. The molecular formula is C20H15NO4S2. The van der Waals surface area contributed by atoms with E-state index in [-0.39, 0.29) is 12.3 Å².